The monoisotopic (exact) mass is 440 g/mol. The normalized spacial score (nSPS) is 16.8. The summed E-state index contributed by atoms with van der Waals surface area (Å²) in [5.41, 5.74) is 7.63. The van der Waals surface area contributed by atoms with E-state index < -0.39 is 11.5 Å². The van der Waals surface area contributed by atoms with Gasteiger partial charge in [0.25, 0.3) is 0 Å². The minimum Gasteiger partial charge on any atom is -0.388 e. The Bertz CT molecular complexity index is 891. The molecule has 3 N–H and O–H groups in total. The van der Waals surface area contributed by atoms with Crippen LogP contribution in [0.15, 0.2) is 48.5 Å². The van der Waals surface area contributed by atoms with E-state index in [1.807, 2.05) is 26.0 Å². The topological polar surface area (TPSA) is 66.6 Å². The van der Waals surface area contributed by atoms with Gasteiger partial charge >= 0.3 is 0 Å². The molecule has 2 aromatic carbocycles. The molecule has 0 bridgehead atoms. The van der Waals surface area contributed by atoms with E-state index in [1.165, 1.54) is 11.6 Å². The number of aliphatic hydroxyl groups excluding tert-OH is 1. The molecule has 2 aromatic rings. The largest absolute Gasteiger partial charge is 0.388 e. The first-order chi connectivity index (χ1) is 15.3. The third kappa shape index (κ3) is 6.17. The summed E-state index contributed by atoms with van der Waals surface area (Å²) < 4.78 is 13.7. The van der Waals surface area contributed by atoms with Crippen molar-refractivity contribution in [2.75, 3.05) is 19.6 Å². The molecule has 0 radical (unpaired) electrons. The maximum atomic E-state index is 13.7. The van der Waals surface area contributed by atoms with Crippen molar-refractivity contribution in [3.05, 3.63) is 71.0 Å². The molecule has 1 atom stereocenters. The van der Waals surface area contributed by atoms with Crippen molar-refractivity contribution >= 4 is 5.91 Å². The van der Waals surface area contributed by atoms with Gasteiger partial charge in [0.1, 0.15) is 5.82 Å². The number of nitrogens with two attached hydrogens (primary N) is 1. The Morgan fingerprint density at radius 2 is 1.84 bits per heavy atom. The average molecular weight is 441 g/mol. The number of amides is 1. The van der Waals surface area contributed by atoms with Gasteiger partial charge in [-0.25, -0.2) is 4.39 Å². The van der Waals surface area contributed by atoms with Gasteiger partial charge in [-0.05, 0) is 82.3 Å². The van der Waals surface area contributed by atoms with Gasteiger partial charge in [-0.3, -0.25) is 4.79 Å². The fraction of sp³-hybridized carbons (Fsp3) is 0.519. The van der Waals surface area contributed by atoms with Crippen LogP contribution in [-0.2, 0) is 10.2 Å². The van der Waals surface area contributed by atoms with Crippen LogP contribution in [0, 0.1) is 5.82 Å². The SMILES string of the molecule is CC(C)(C(N)=O)c1cccc(C2CCN(CCCCCC(O)c3ccccc3F)CC2)c1. The van der Waals surface area contributed by atoms with Gasteiger partial charge in [-0.15, -0.1) is 0 Å². The third-order valence-corrected chi connectivity index (χ3v) is 7.00. The van der Waals surface area contributed by atoms with Gasteiger partial charge in [-0.1, -0.05) is 55.3 Å². The zero-order chi connectivity index (χ0) is 23.1. The van der Waals surface area contributed by atoms with Crippen LogP contribution in [0.4, 0.5) is 4.39 Å². The Balaban J connectivity index is 1.38. The second kappa shape index (κ2) is 11.1. The first-order valence-electron chi connectivity index (χ1n) is 11.8. The highest BCUT2D eigenvalue weighted by atomic mass is 19.1. The van der Waals surface area contributed by atoms with Crippen molar-refractivity contribution < 1.29 is 14.3 Å². The lowest BCUT2D eigenvalue weighted by Gasteiger charge is -2.33. The fourth-order valence-corrected chi connectivity index (χ4v) is 4.56. The molecule has 3 rings (SSSR count). The van der Waals surface area contributed by atoms with Crippen LogP contribution in [0.5, 0.6) is 0 Å². The molecule has 5 heteroatoms. The van der Waals surface area contributed by atoms with E-state index >= 15 is 0 Å². The van der Waals surface area contributed by atoms with E-state index in [9.17, 15) is 14.3 Å². The van der Waals surface area contributed by atoms with Crippen LogP contribution in [-0.4, -0.2) is 35.5 Å². The standard InChI is InChI=1S/C27H37FN2O2/c1-27(2,26(29)32)22-10-8-9-21(19-22)20-14-17-30(18-15-20)16-7-3-4-13-25(31)23-11-5-6-12-24(23)28/h5-6,8-12,19-20,25,31H,3-4,7,13-18H2,1-2H3,(H2,29,32). The van der Waals surface area contributed by atoms with Crippen LogP contribution in [0.25, 0.3) is 0 Å². The number of hydrogen-bond acceptors (Lipinski definition) is 3. The maximum absolute atomic E-state index is 13.7. The number of rotatable bonds is 10. The Morgan fingerprint density at radius 1 is 1.12 bits per heavy atom. The lowest BCUT2D eigenvalue weighted by molar-refractivity contribution is -0.122. The zero-order valence-electron chi connectivity index (χ0n) is 19.4. The van der Waals surface area contributed by atoms with Crippen LogP contribution in [0.2, 0.25) is 0 Å². The number of piperidine rings is 1. The minimum atomic E-state index is -0.720. The minimum absolute atomic E-state index is 0.300. The summed E-state index contributed by atoms with van der Waals surface area (Å²) in [5.74, 6) is -0.108. The molecule has 4 nitrogen and oxygen atoms in total. The highest BCUT2D eigenvalue weighted by Gasteiger charge is 2.28. The van der Waals surface area contributed by atoms with Crippen LogP contribution in [0.1, 0.15) is 81.1 Å². The highest BCUT2D eigenvalue weighted by Crippen LogP contribution is 2.32. The van der Waals surface area contributed by atoms with E-state index in [4.69, 9.17) is 5.73 Å². The van der Waals surface area contributed by atoms with Crippen molar-refractivity contribution in [1.82, 2.24) is 4.90 Å². The van der Waals surface area contributed by atoms with Crippen molar-refractivity contribution in [2.45, 2.75) is 69.8 Å². The fourth-order valence-electron chi connectivity index (χ4n) is 4.56. The maximum Gasteiger partial charge on any atom is 0.227 e. The first kappa shape index (κ1) is 24.4. The molecule has 0 aromatic heterocycles. The summed E-state index contributed by atoms with van der Waals surface area (Å²) in [5, 5.41) is 10.2. The molecule has 1 unspecified atom stereocenters. The van der Waals surface area contributed by atoms with Gasteiger partial charge in [0.2, 0.25) is 5.91 Å². The van der Waals surface area contributed by atoms with Crippen molar-refractivity contribution in [3.8, 4) is 0 Å². The number of hydrogen-bond donors (Lipinski definition) is 2. The number of unbranched alkanes of at least 4 members (excludes halogenated alkanes) is 2. The molecule has 1 amide bonds. The first-order valence-corrected chi connectivity index (χ1v) is 11.8. The van der Waals surface area contributed by atoms with Gasteiger partial charge in [0.15, 0.2) is 0 Å². The van der Waals surface area contributed by atoms with Crippen LogP contribution >= 0.6 is 0 Å². The molecular weight excluding hydrogens is 403 g/mol. The van der Waals surface area contributed by atoms with Crippen molar-refractivity contribution in [1.29, 1.82) is 0 Å². The lowest BCUT2D eigenvalue weighted by atomic mass is 9.80. The summed E-state index contributed by atoms with van der Waals surface area (Å²) in [7, 11) is 0. The number of carbonyl (C=O) groups excluding carboxylic acids is 1. The number of likely N-dealkylation sites (tertiary alicyclic amines) is 1. The summed E-state index contributed by atoms with van der Waals surface area (Å²) in [6.45, 7) is 6.98. The van der Waals surface area contributed by atoms with E-state index in [1.54, 1.807) is 18.2 Å². The van der Waals surface area contributed by atoms with Crippen molar-refractivity contribution in [3.63, 3.8) is 0 Å². The molecule has 0 spiro atoms. The van der Waals surface area contributed by atoms with E-state index in [2.05, 4.69) is 17.0 Å². The molecule has 0 aliphatic carbocycles. The molecular formula is C27H37FN2O2. The summed E-state index contributed by atoms with van der Waals surface area (Å²) in [4.78, 5) is 14.3. The lowest BCUT2D eigenvalue weighted by Crippen LogP contribution is -2.36. The Kier molecular flexibility index (Phi) is 8.44. The quantitative estimate of drug-likeness (QED) is 0.508. The molecule has 174 valence electrons. The number of halogens is 1. The molecule has 1 heterocycles. The molecule has 1 saturated heterocycles. The number of carbonyl (C=O) groups is 1. The summed E-state index contributed by atoms with van der Waals surface area (Å²) >= 11 is 0. The smallest absolute Gasteiger partial charge is 0.227 e. The van der Waals surface area contributed by atoms with Gasteiger partial charge < -0.3 is 15.7 Å². The predicted octanol–water partition coefficient (Wildman–Crippen LogP) is 5.06. The Hall–Kier alpha value is -2.24. The van der Waals surface area contributed by atoms with E-state index in [0.717, 1.165) is 57.3 Å². The van der Waals surface area contributed by atoms with Crippen molar-refractivity contribution in [2.24, 2.45) is 5.73 Å². The number of primary amides is 1. The van der Waals surface area contributed by atoms with E-state index in [0.29, 0.717) is 17.9 Å². The second-order valence-corrected chi connectivity index (χ2v) is 9.62. The predicted molar refractivity (Wildman–Crippen MR) is 127 cm³/mol. The van der Waals surface area contributed by atoms with Gasteiger partial charge in [0, 0.05) is 5.56 Å². The summed E-state index contributed by atoms with van der Waals surface area (Å²) in [6, 6.07) is 14.8. The average Bonchev–Trinajstić information content (AvgIpc) is 2.79. The third-order valence-electron chi connectivity index (χ3n) is 7.00. The van der Waals surface area contributed by atoms with E-state index in [-0.39, 0.29) is 11.7 Å². The Morgan fingerprint density at radius 3 is 2.53 bits per heavy atom. The Labute approximate surface area is 191 Å². The van der Waals surface area contributed by atoms with Crippen LogP contribution < -0.4 is 5.73 Å². The molecule has 1 aliphatic heterocycles. The number of nitrogens with zero attached hydrogens (tertiary/aromatic N) is 1. The number of aliphatic hydroxyl groups is 1. The molecule has 0 saturated carbocycles. The second-order valence-electron chi connectivity index (χ2n) is 9.62. The highest BCUT2D eigenvalue weighted by molar-refractivity contribution is 5.85. The van der Waals surface area contributed by atoms with Crippen LogP contribution in [0.3, 0.4) is 0 Å². The molecule has 1 aliphatic rings. The number of benzene rings is 2. The molecule has 32 heavy (non-hydrogen) atoms. The van der Waals surface area contributed by atoms with Gasteiger partial charge in [0.05, 0.1) is 11.5 Å². The molecule has 1 fully saturated rings. The van der Waals surface area contributed by atoms with Gasteiger partial charge in [-0.2, -0.15) is 0 Å². The summed E-state index contributed by atoms with van der Waals surface area (Å²) in [6.07, 6.45) is 5.14. The zero-order valence-corrected chi connectivity index (χ0v) is 19.4.